The van der Waals surface area contributed by atoms with Gasteiger partial charge in [0, 0.05) is 47.2 Å². The lowest BCUT2D eigenvalue weighted by molar-refractivity contribution is -0.744. The predicted octanol–water partition coefficient (Wildman–Crippen LogP) is 5.68. The standard InChI is InChI=1S/C41H50N4O4S/c1-25-8-9-28-22-33(50-32(28)20-25)37-38(49-37)43-41(14-4-5-15-41)40(47)42-31-21-29-6-2-3-7-30-34(29)36-35(30)45(36,39(31)46)24-27-10-16-44(17-11-27)23-26-12-18-48-19-13-26/h2-3,6-9,20,22,26-27,31,34-38,43H,4-5,10-19,21,23-24H2,1H3/p+1. The number of fused-ring (bicyclic) bond motifs is 3. The SMILES string of the molecule is Cc1ccc2cc(C3OC3NC3(C(=O)NC4CC5=CC=CC=C6C5C5C6[N+]5(CC5CCN(CC6CCOCC6)CC5)C4=O)CCCC3)sc2c1. The number of carbonyl (C=O) groups excluding carboxylic acids is 2. The maximum absolute atomic E-state index is 14.9. The minimum Gasteiger partial charge on any atom is -0.381 e. The maximum Gasteiger partial charge on any atom is 0.337 e. The first-order valence-electron chi connectivity index (χ1n) is 19.5. The summed E-state index contributed by atoms with van der Waals surface area (Å²) in [4.78, 5) is 33.3. The van der Waals surface area contributed by atoms with Crippen LogP contribution in [0.5, 0.6) is 0 Å². The van der Waals surface area contributed by atoms with Gasteiger partial charge in [-0.3, -0.25) is 10.1 Å². The molecule has 10 rings (SSSR count). The number of piperidine rings is 1. The van der Waals surface area contributed by atoms with Gasteiger partial charge in [0.1, 0.15) is 18.4 Å². The van der Waals surface area contributed by atoms with Crippen molar-refractivity contribution in [3.05, 3.63) is 70.2 Å². The van der Waals surface area contributed by atoms with Crippen molar-refractivity contribution in [1.29, 1.82) is 0 Å². The highest BCUT2D eigenvalue weighted by atomic mass is 32.1. The van der Waals surface area contributed by atoms with E-state index in [1.165, 1.54) is 51.1 Å². The van der Waals surface area contributed by atoms with Gasteiger partial charge in [-0.05, 0) is 87.5 Å². The molecule has 7 fully saturated rings. The van der Waals surface area contributed by atoms with Crippen LogP contribution in [0.4, 0.5) is 0 Å². The van der Waals surface area contributed by atoms with E-state index in [0.717, 1.165) is 77.3 Å². The Hall–Kier alpha value is -2.66. The van der Waals surface area contributed by atoms with Crippen LogP contribution in [-0.2, 0) is 19.1 Å². The highest BCUT2D eigenvalue weighted by Gasteiger charge is 2.85. The molecule has 2 N–H and O–H groups in total. The summed E-state index contributed by atoms with van der Waals surface area (Å²) in [6.45, 7) is 8.32. The third-order valence-corrected chi connectivity index (χ3v) is 14.9. The average Bonchev–Trinajstić information content (AvgIpc) is 3.85. The molecule has 6 heterocycles. The summed E-state index contributed by atoms with van der Waals surface area (Å²) in [5.74, 6) is 1.89. The fourth-order valence-corrected chi connectivity index (χ4v) is 12.2. The molecular formula is C41H51N4O4S+. The molecule has 9 heteroatoms. The summed E-state index contributed by atoms with van der Waals surface area (Å²) in [5, 5.41) is 8.37. The molecule has 2 amide bonds. The number of hydrogen-bond donors (Lipinski definition) is 2. The topological polar surface area (TPSA) is 83.2 Å². The summed E-state index contributed by atoms with van der Waals surface area (Å²) in [7, 11) is 0. The van der Waals surface area contributed by atoms with Crippen LogP contribution in [0.3, 0.4) is 0 Å². The molecule has 1 aromatic carbocycles. The quantitative estimate of drug-likeness (QED) is 0.260. The number of nitrogens with zero attached hydrogens (tertiary/aromatic N) is 2. The summed E-state index contributed by atoms with van der Waals surface area (Å²) < 4.78 is 13.7. The first-order valence-corrected chi connectivity index (χ1v) is 20.3. The second kappa shape index (κ2) is 12.2. The first-order chi connectivity index (χ1) is 24.4. The van der Waals surface area contributed by atoms with Crippen LogP contribution in [0.2, 0.25) is 0 Å². The molecule has 5 saturated heterocycles. The number of amides is 2. The lowest BCUT2D eigenvalue weighted by Gasteiger charge is -2.36. The number of likely N-dealkylation sites (tertiary alicyclic amines) is 1. The van der Waals surface area contributed by atoms with Crippen molar-refractivity contribution in [2.45, 2.75) is 101 Å². The number of epoxide rings is 1. The van der Waals surface area contributed by atoms with Gasteiger partial charge in [-0.1, -0.05) is 54.9 Å². The second-order valence-corrected chi connectivity index (χ2v) is 17.9. The molecule has 1 aromatic heterocycles. The molecule has 3 aliphatic carbocycles. The van der Waals surface area contributed by atoms with Crippen LogP contribution < -0.4 is 10.6 Å². The molecule has 0 bridgehead atoms. The van der Waals surface area contributed by atoms with E-state index >= 15 is 0 Å². The molecular weight excluding hydrogens is 645 g/mol. The van der Waals surface area contributed by atoms with E-state index < -0.39 is 11.6 Å². The number of aryl methyl sites for hydroxylation is 1. The fraction of sp³-hybridized carbons (Fsp3) is 0.610. The van der Waals surface area contributed by atoms with Crippen LogP contribution in [0.25, 0.3) is 10.1 Å². The number of allylic oxidation sites excluding steroid dienone is 4. The van der Waals surface area contributed by atoms with Crippen LogP contribution in [-0.4, -0.2) is 90.5 Å². The zero-order chi connectivity index (χ0) is 33.6. The first kappa shape index (κ1) is 32.0. The third-order valence-electron chi connectivity index (χ3n) is 13.8. The normalized spacial score (nSPS) is 36.2. The Kier molecular flexibility index (Phi) is 7.82. The van der Waals surface area contributed by atoms with E-state index in [2.05, 4.69) is 71.0 Å². The highest BCUT2D eigenvalue weighted by Crippen LogP contribution is 2.66. The van der Waals surface area contributed by atoms with Gasteiger partial charge < -0.3 is 19.7 Å². The van der Waals surface area contributed by atoms with Gasteiger partial charge in [-0.15, -0.1) is 11.3 Å². The lowest BCUT2D eigenvalue weighted by atomic mass is 9.73. The van der Waals surface area contributed by atoms with Crippen LogP contribution >= 0.6 is 11.3 Å². The van der Waals surface area contributed by atoms with Gasteiger partial charge in [0.25, 0.3) is 0 Å². The van der Waals surface area contributed by atoms with Crippen molar-refractivity contribution in [2.24, 2.45) is 17.8 Å². The minimum atomic E-state index is -0.703. The average molecular weight is 696 g/mol. The van der Waals surface area contributed by atoms with Gasteiger partial charge in [-0.25, -0.2) is 9.28 Å². The van der Waals surface area contributed by atoms with E-state index in [1.54, 1.807) is 11.3 Å². The Morgan fingerprint density at radius 2 is 1.84 bits per heavy atom. The number of nitrogens with one attached hydrogen (secondary N) is 2. The molecule has 0 spiro atoms. The third kappa shape index (κ3) is 5.25. The molecule has 2 aromatic rings. The maximum atomic E-state index is 14.9. The number of benzene rings is 1. The molecule has 7 unspecified atom stereocenters. The van der Waals surface area contributed by atoms with E-state index in [0.29, 0.717) is 34.8 Å². The molecule has 7 atom stereocenters. The number of hydrogen-bond acceptors (Lipinski definition) is 7. The lowest BCUT2D eigenvalue weighted by Crippen LogP contribution is -2.61. The van der Waals surface area contributed by atoms with Gasteiger partial charge in [0.15, 0.2) is 12.1 Å². The molecule has 264 valence electrons. The van der Waals surface area contributed by atoms with Crippen LogP contribution in [0.1, 0.15) is 74.3 Å². The Labute approximate surface area is 299 Å². The van der Waals surface area contributed by atoms with Crippen LogP contribution in [0, 0.1) is 24.7 Å². The molecule has 5 aliphatic heterocycles. The molecule has 50 heavy (non-hydrogen) atoms. The Morgan fingerprint density at radius 1 is 1.04 bits per heavy atom. The van der Waals surface area contributed by atoms with E-state index in [9.17, 15) is 9.59 Å². The van der Waals surface area contributed by atoms with E-state index in [4.69, 9.17) is 9.47 Å². The van der Waals surface area contributed by atoms with Crippen molar-refractivity contribution in [1.82, 2.24) is 15.5 Å². The molecule has 0 radical (unpaired) electrons. The van der Waals surface area contributed by atoms with E-state index in [1.807, 2.05) is 0 Å². The molecule has 2 saturated carbocycles. The minimum absolute atomic E-state index is 0.0105. The number of ether oxygens (including phenoxy) is 2. The smallest absolute Gasteiger partial charge is 0.337 e. The number of carbonyl (C=O) groups is 2. The Balaban J connectivity index is 0.848. The Morgan fingerprint density at radius 3 is 2.66 bits per heavy atom. The summed E-state index contributed by atoms with van der Waals surface area (Å²) in [5.41, 5.74) is 3.34. The number of quaternary nitrogens is 1. The zero-order valence-electron chi connectivity index (χ0n) is 29.3. The predicted molar refractivity (Wildman–Crippen MR) is 194 cm³/mol. The molecule has 8 aliphatic rings. The van der Waals surface area contributed by atoms with Crippen molar-refractivity contribution in [2.75, 3.05) is 39.4 Å². The summed E-state index contributed by atoms with van der Waals surface area (Å²) in [6.07, 6.45) is 17.5. The highest BCUT2D eigenvalue weighted by molar-refractivity contribution is 7.19. The van der Waals surface area contributed by atoms with Crippen molar-refractivity contribution >= 4 is 33.2 Å². The van der Waals surface area contributed by atoms with Gasteiger partial charge >= 0.3 is 5.91 Å². The number of thiophene rings is 1. The van der Waals surface area contributed by atoms with Gasteiger partial charge in [0.05, 0.1) is 18.0 Å². The van der Waals surface area contributed by atoms with Crippen molar-refractivity contribution in [3.8, 4) is 0 Å². The fourth-order valence-electron chi connectivity index (χ4n) is 11.0. The summed E-state index contributed by atoms with van der Waals surface area (Å²) >= 11 is 1.79. The van der Waals surface area contributed by atoms with Crippen molar-refractivity contribution in [3.63, 3.8) is 0 Å². The monoisotopic (exact) mass is 695 g/mol. The Bertz CT molecular complexity index is 1790. The van der Waals surface area contributed by atoms with Gasteiger partial charge in [-0.2, -0.15) is 0 Å². The zero-order valence-corrected chi connectivity index (χ0v) is 30.1. The largest absolute Gasteiger partial charge is 0.381 e. The number of rotatable bonds is 9. The van der Waals surface area contributed by atoms with Crippen LogP contribution in [0.15, 0.2) is 59.7 Å². The van der Waals surface area contributed by atoms with Crippen molar-refractivity contribution < 1.29 is 23.5 Å². The van der Waals surface area contributed by atoms with E-state index in [-0.39, 0.29) is 24.1 Å². The molecule has 8 nitrogen and oxygen atoms in total. The summed E-state index contributed by atoms with van der Waals surface area (Å²) in [6, 6.07) is 8.96. The van der Waals surface area contributed by atoms with Gasteiger partial charge in [0.2, 0.25) is 5.91 Å². The second-order valence-electron chi connectivity index (χ2n) is 16.8.